The Morgan fingerprint density at radius 1 is 1.05 bits per heavy atom. The molecule has 6 nitrogen and oxygen atoms in total. The van der Waals surface area contributed by atoms with Crippen LogP contribution in [-0.2, 0) is 14.8 Å². The van der Waals surface area contributed by atoms with Gasteiger partial charge in [0.1, 0.15) is 5.82 Å². The van der Waals surface area contributed by atoms with Gasteiger partial charge in [0, 0.05) is 11.9 Å². The fraction of sp³-hybridized carbons (Fsp3) is 0. The van der Waals surface area contributed by atoms with E-state index in [4.69, 9.17) is 0 Å². The molecule has 98 valence electrons. The van der Waals surface area contributed by atoms with E-state index in [2.05, 4.69) is 15.0 Å². The zero-order chi connectivity index (χ0) is 13.7. The van der Waals surface area contributed by atoms with Gasteiger partial charge in [-0.05, 0) is 36.4 Å². The molecule has 0 radical (unpaired) electrons. The summed E-state index contributed by atoms with van der Waals surface area (Å²) in [5.41, 5.74) is 0.520. The number of amides is 1. The van der Waals surface area contributed by atoms with Gasteiger partial charge in [0.05, 0.1) is 4.90 Å². The van der Waals surface area contributed by atoms with Gasteiger partial charge in [-0.25, -0.2) is 13.4 Å². The zero-order valence-electron chi connectivity index (χ0n) is 9.78. The first kappa shape index (κ1) is 13.0. The van der Waals surface area contributed by atoms with E-state index in [1.807, 2.05) is 0 Å². The summed E-state index contributed by atoms with van der Waals surface area (Å²) in [6.45, 7) is 0. The van der Waals surface area contributed by atoms with Gasteiger partial charge in [0.2, 0.25) is 6.41 Å². The highest BCUT2D eigenvalue weighted by atomic mass is 32.2. The second-order valence-corrected chi connectivity index (χ2v) is 5.29. The Morgan fingerprint density at radius 3 is 2.37 bits per heavy atom. The van der Waals surface area contributed by atoms with Crippen LogP contribution >= 0.6 is 0 Å². The van der Waals surface area contributed by atoms with Crippen molar-refractivity contribution in [3.8, 4) is 0 Å². The SMILES string of the molecule is O=CNc1ccc(S(=O)(=O)Nc2ccccn2)cc1. The maximum Gasteiger partial charge on any atom is 0.263 e. The topological polar surface area (TPSA) is 88.2 Å². The van der Waals surface area contributed by atoms with Crippen LogP contribution in [-0.4, -0.2) is 19.8 Å². The van der Waals surface area contributed by atoms with Crippen molar-refractivity contribution in [1.29, 1.82) is 0 Å². The van der Waals surface area contributed by atoms with Crippen LogP contribution in [0.5, 0.6) is 0 Å². The van der Waals surface area contributed by atoms with Crippen LogP contribution in [0.2, 0.25) is 0 Å². The van der Waals surface area contributed by atoms with Crippen molar-refractivity contribution in [3.05, 3.63) is 48.7 Å². The number of carbonyl (C=O) groups is 1. The van der Waals surface area contributed by atoms with Gasteiger partial charge in [-0.2, -0.15) is 0 Å². The molecule has 0 bridgehead atoms. The summed E-state index contributed by atoms with van der Waals surface area (Å²) < 4.78 is 26.4. The van der Waals surface area contributed by atoms with Crippen LogP contribution < -0.4 is 10.0 Å². The van der Waals surface area contributed by atoms with Crippen LogP contribution in [0.1, 0.15) is 0 Å². The van der Waals surface area contributed by atoms with E-state index >= 15 is 0 Å². The van der Waals surface area contributed by atoms with Crippen LogP contribution in [0.3, 0.4) is 0 Å². The van der Waals surface area contributed by atoms with Gasteiger partial charge >= 0.3 is 0 Å². The molecule has 0 aliphatic carbocycles. The minimum atomic E-state index is -3.67. The molecule has 0 aliphatic heterocycles. The molecule has 1 amide bonds. The fourth-order valence-corrected chi connectivity index (χ4v) is 2.43. The Balaban J connectivity index is 2.22. The number of hydrogen-bond acceptors (Lipinski definition) is 4. The third-order valence-electron chi connectivity index (χ3n) is 2.29. The standard InChI is InChI=1S/C12H11N3O3S/c16-9-14-10-4-6-11(7-5-10)19(17,18)15-12-3-1-2-8-13-12/h1-9H,(H,13,15)(H,14,16). The molecule has 1 aromatic carbocycles. The lowest BCUT2D eigenvalue weighted by Gasteiger charge is -2.07. The molecule has 7 heteroatoms. The summed E-state index contributed by atoms with van der Waals surface area (Å²) in [5, 5.41) is 2.43. The third kappa shape index (κ3) is 3.29. The molecule has 2 N–H and O–H groups in total. The minimum Gasteiger partial charge on any atom is -0.329 e. The van der Waals surface area contributed by atoms with E-state index in [9.17, 15) is 13.2 Å². The molecule has 0 aliphatic rings. The monoisotopic (exact) mass is 277 g/mol. The second-order valence-electron chi connectivity index (χ2n) is 3.61. The molecule has 2 aromatic rings. The van der Waals surface area contributed by atoms with Crippen LogP contribution in [0, 0.1) is 0 Å². The van der Waals surface area contributed by atoms with Gasteiger partial charge in [-0.1, -0.05) is 6.07 Å². The summed E-state index contributed by atoms with van der Waals surface area (Å²) in [4.78, 5) is 14.2. The lowest BCUT2D eigenvalue weighted by molar-refractivity contribution is -0.105. The zero-order valence-corrected chi connectivity index (χ0v) is 10.6. The second kappa shape index (κ2) is 5.49. The first-order valence-corrected chi connectivity index (χ1v) is 6.84. The average Bonchev–Trinajstić information content (AvgIpc) is 2.40. The number of nitrogens with zero attached hydrogens (tertiary/aromatic N) is 1. The van der Waals surface area contributed by atoms with Gasteiger partial charge < -0.3 is 5.32 Å². The molecule has 0 saturated carbocycles. The average molecular weight is 277 g/mol. The number of aromatic nitrogens is 1. The molecule has 2 rings (SSSR count). The molecule has 0 unspecified atom stereocenters. The Labute approximate surface area is 110 Å². The van der Waals surface area contributed by atoms with E-state index in [0.29, 0.717) is 12.1 Å². The van der Waals surface area contributed by atoms with Gasteiger partial charge in [-0.15, -0.1) is 0 Å². The van der Waals surface area contributed by atoms with E-state index < -0.39 is 10.0 Å². The predicted octanol–water partition coefficient (Wildman–Crippen LogP) is 1.45. The largest absolute Gasteiger partial charge is 0.329 e. The summed E-state index contributed by atoms with van der Waals surface area (Å²) in [5.74, 6) is 0.248. The summed E-state index contributed by atoms with van der Waals surface area (Å²) in [7, 11) is -3.67. The van der Waals surface area contributed by atoms with Crippen molar-refractivity contribution >= 4 is 27.9 Å². The quantitative estimate of drug-likeness (QED) is 0.810. The van der Waals surface area contributed by atoms with Gasteiger partial charge in [0.25, 0.3) is 10.0 Å². The van der Waals surface area contributed by atoms with Gasteiger partial charge in [-0.3, -0.25) is 9.52 Å². The van der Waals surface area contributed by atoms with Crippen LogP contribution in [0.25, 0.3) is 0 Å². The number of hydrogen-bond donors (Lipinski definition) is 2. The Hall–Kier alpha value is -2.41. The van der Waals surface area contributed by atoms with E-state index in [0.717, 1.165) is 0 Å². The Bertz CT molecular complexity index is 654. The maximum absolute atomic E-state index is 12.0. The van der Waals surface area contributed by atoms with Crippen molar-refractivity contribution < 1.29 is 13.2 Å². The van der Waals surface area contributed by atoms with E-state index in [1.54, 1.807) is 18.2 Å². The summed E-state index contributed by atoms with van der Waals surface area (Å²) >= 11 is 0. The summed E-state index contributed by atoms with van der Waals surface area (Å²) in [6, 6.07) is 10.7. The molecular formula is C12H11N3O3S. The molecular weight excluding hydrogens is 266 g/mol. The smallest absolute Gasteiger partial charge is 0.263 e. The highest BCUT2D eigenvalue weighted by molar-refractivity contribution is 7.92. The predicted molar refractivity (Wildman–Crippen MR) is 71.2 cm³/mol. The number of rotatable bonds is 5. The number of benzene rings is 1. The first-order chi connectivity index (χ1) is 9.12. The van der Waals surface area contributed by atoms with Crippen molar-refractivity contribution in [1.82, 2.24) is 4.98 Å². The van der Waals surface area contributed by atoms with Crippen LogP contribution in [0.4, 0.5) is 11.5 Å². The highest BCUT2D eigenvalue weighted by Crippen LogP contribution is 2.16. The van der Waals surface area contributed by atoms with Crippen molar-refractivity contribution in [3.63, 3.8) is 0 Å². The number of pyridine rings is 1. The molecule has 0 atom stereocenters. The van der Waals surface area contributed by atoms with E-state index in [1.165, 1.54) is 30.5 Å². The summed E-state index contributed by atoms with van der Waals surface area (Å²) in [6.07, 6.45) is 2.02. The lowest BCUT2D eigenvalue weighted by Crippen LogP contribution is -2.13. The molecule has 1 aromatic heterocycles. The highest BCUT2D eigenvalue weighted by Gasteiger charge is 2.14. The normalized spacial score (nSPS) is 10.7. The van der Waals surface area contributed by atoms with Gasteiger partial charge in [0.15, 0.2) is 0 Å². The Kier molecular flexibility index (Phi) is 3.76. The van der Waals surface area contributed by atoms with Crippen molar-refractivity contribution in [2.75, 3.05) is 10.0 Å². The van der Waals surface area contributed by atoms with Crippen molar-refractivity contribution in [2.45, 2.75) is 4.90 Å². The number of sulfonamides is 1. The number of carbonyl (C=O) groups excluding carboxylic acids is 1. The molecule has 1 heterocycles. The lowest BCUT2D eigenvalue weighted by atomic mass is 10.3. The van der Waals surface area contributed by atoms with E-state index in [-0.39, 0.29) is 10.7 Å². The molecule has 0 fully saturated rings. The molecule has 0 saturated heterocycles. The molecule has 19 heavy (non-hydrogen) atoms. The van der Waals surface area contributed by atoms with Crippen molar-refractivity contribution in [2.24, 2.45) is 0 Å². The number of anilines is 2. The maximum atomic E-state index is 12.0. The third-order valence-corrected chi connectivity index (χ3v) is 3.66. The first-order valence-electron chi connectivity index (χ1n) is 5.36. The fourth-order valence-electron chi connectivity index (χ4n) is 1.42. The molecule has 0 spiro atoms. The van der Waals surface area contributed by atoms with Crippen LogP contribution in [0.15, 0.2) is 53.6 Å². The Morgan fingerprint density at radius 2 is 1.79 bits per heavy atom. The minimum absolute atomic E-state index is 0.0922. The number of nitrogens with one attached hydrogen (secondary N) is 2.